The number of carbonyl (C=O) groups excluding carboxylic acids is 1. The lowest BCUT2D eigenvalue weighted by Gasteiger charge is -2.34. The summed E-state index contributed by atoms with van der Waals surface area (Å²) >= 11 is 0. The van der Waals surface area contributed by atoms with Gasteiger partial charge in [-0.25, -0.2) is 0 Å². The fourth-order valence-electron chi connectivity index (χ4n) is 3.26. The Balaban J connectivity index is 1.87. The molecule has 0 aromatic heterocycles. The lowest BCUT2D eigenvalue weighted by molar-refractivity contribution is -0.136. The van der Waals surface area contributed by atoms with Crippen molar-refractivity contribution < 1.29 is 17.4 Å². The van der Waals surface area contributed by atoms with E-state index in [9.17, 15) is 13.2 Å². The van der Waals surface area contributed by atoms with Crippen LogP contribution in [0.5, 0.6) is 0 Å². The third kappa shape index (κ3) is 7.09. The lowest BCUT2D eigenvalue weighted by Crippen LogP contribution is -2.49. The van der Waals surface area contributed by atoms with Crippen LogP contribution in [-0.4, -0.2) is 44.9 Å². The van der Waals surface area contributed by atoms with E-state index in [1.807, 2.05) is 20.8 Å². The van der Waals surface area contributed by atoms with Gasteiger partial charge in [0.05, 0.1) is 6.42 Å². The van der Waals surface area contributed by atoms with Crippen molar-refractivity contribution >= 4 is 22.0 Å². The smallest absolute Gasteiger partial charge is 0.369 e. The molecular weight excluding hydrogens is 376 g/mol. The summed E-state index contributed by atoms with van der Waals surface area (Å²) in [4.78, 5) is 14.1. The first-order valence-corrected chi connectivity index (χ1v) is 11.5. The van der Waals surface area contributed by atoms with E-state index in [1.54, 1.807) is 0 Å². The molecular formula is C21H34N2O4S. The monoisotopic (exact) mass is 410 g/mol. The molecule has 1 fully saturated rings. The van der Waals surface area contributed by atoms with Crippen molar-refractivity contribution in [3.05, 3.63) is 29.8 Å². The summed E-state index contributed by atoms with van der Waals surface area (Å²) in [6, 6.07) is 8.52. The highest BCUT2D eigenvalue weighted by molar-refractivity contribution is 7.84. The summed E-state index contributed by atoms with van der Waals surface area (Å²) in [5.74, 6) is -0.700. The van der Waals surface area contributed by atoms with E-state index in [0.717, 1.165) is 12.1 Å². The van der Waals surface area contributed by atoms with E-state index in [4.69, 9.17) is 4.18 Å². The number of anilines is 1. The summed E-state index contributed by atoms with van der Waals surface area (Å²) in [6.45, 7) is 9.58. The second kappa shape index (κ2) is 9.74. The topological polar surface area (TPSA) is 66.9 Å². The van der Waals surface area contributed by atoms with Gasteiger partial charge >= 0.3 is 16.3 Å². The highest BCUT2D eigenvalue weighted by Crippen LogP contribution is 2.22. The normalized spacial score (nSPS) is 16.2. The number of aryl methyl sites for hydroxylation is 1. The van der Waals surface area contributed by atoms with Crippen LogP contribution < -0.4 is 4.90 Å². The first kappa shape index (κ1) is 22.7. The van der Waals surface area contributed by atoms with Crippen molar-refractivity contribution in [2.75, 3.05) is 31.1 Å². The summed E-state index contributed by atoms with van der Waals surface area (Å²) in [6.07, 6.45) is 4.84. The van der Waals surface area contributed by atoms with Gasteiger partial charge in [0.2, 0.25) is 0 Å². The molecule has 0 saturated carbocycles. The van der Waals surface area contributed by atoms with Gasteiger partial charge in [-0.15, -0.1) is 0 Å². The fourth-order valence-corrected chi connectivity index (χ4v) is 4.26. The van der Waals surface area contributed by atoms with Gasteiger partial charge in [-0.1, -0.05) is 52.7 Å². The molecule has 0 bridgehead atoms. The zero-order valence-corrected chi connectivity index (χ0v) is 18.4. The average molecular weight is 411 g/mol. The molecule has 1 aromatic rings. The van der Waals surface area contributed by atoms with E-state index in [-0.39, 0.29) is 11.8 Å². The largest absolute Gasteiger partial charge is 0.387 e. The van der Waals surface area contributed by atoms with Crippen LogP contribution in [0.3, 0.4) is 0 Å². The van der Waals surface area contributed by atoms with E-state index in [2.05, 4.69) is 36.1 Å². The molecule has 0 radical (unpaired) electrons. The maximum Gasteiger partial charge on any atom is 0.387 e. The number of benzene rings is 1. The SMILES string of the molecule is CCCCCc1ccc(N2CCN(S(=O)(=O)OC(=O)CC(C)(C)C)CC2)cc1. The van der Waals surface area contributed by atoms with Gasteiger partial charge in [0, 0.05) is 31.9 Å². The second-order valence-electron chi connectivity index (χ2n) is 8.66. The van der Waals surface area contributed by atoms with Gasteiger partial charge in [0.25, 0.3) is 0 Å². The van der Waals surface area contributed by atoms with Gasteiger partial charge in [0.1, 0.15) is 0 Å². The molecule has 0 aliphatic carbocycles. The third-order valence-corrected chi connectivity index (χ3v) is 6.19. The van der Waals surface area contributed by atoms with Crippen LogP contribution in [0, 0.1) is 5.41 Å². The first-order chi connectivity index (χ1) is 13.1. The van der Waals surface area contributed by atoms with Gasteiger partial charge in [0.15, 0.2) is 0 Å². The molecule has 1 aliphatic rings. The molecule has 6 nitrogen and oxygen atoms in total. The van der Waals surface area contributed by atoms with Crippen molar-refractivity contribution in [2.24, 2.45) is 5.41 Å². The Morgan fingerprint density at radius 3 is 2.18 bits per heavy atom. The minimum absolute atomic E-state index is 0.0663. The van der Waals surface area contributed by atoms with Gasteiger partial charge in [-0.3, -0.25) is 4.79 Å². The minimum atomic E-state index is -4.02. The molecule has 1 heterocycles. The van der Waals surface area contributed by atoms with Crippen LogP contribution in [-0.2, 0) is 25.7 Å². The number of hydrogen-bond acceptors (Lipinski definition) is 5. The van der Waals surface area contributed by atoms with Gasteiger partial charge in [-0.2, -0.15) is 12.7 Å². The quantitative estimate of drug-likeness (QED) is 0.611. The van der Waals surface area contributed by atoms with Gasteiger partial charge < -0.3 is 9.08 Å². The number of hydrogen-bond donors (Lipinski definition) is 0. The summed E-state index contributed by atoms with van der Waals surface area (Å²) in [5, 5.41) is 0. The molecule has 7 heteroatoms. The molecule has 0 N–H and O–H groups in total. The van der Waals surface area contributed by atoms with Crippen molar-refractivity contribution in [1.82, 2.24) is 4.31 Å². The number of piperazine rings is 1. The average Bonchev–Trinajstić information content (AvgIpc) is 2.60. The molecule has 0 atom stereocenters. The highest BCUT2D eigenvalue weighted by atomic mass is 32.2. The third-order valence-electron chi connectivity index (χ3n) is 4.80. The zero-order valence-electron chi connectivity index (χ0n) is 17.6. The summed E-state index contributed by atoms with van der Waals surface area (Å²) in [5.41, 5.74) is 2.12. The summed E-state index contributed by atoms with van der Waals surface area (Å²) < 4.78 is 30.8. The maximum absolute atomic E-state index is 12.4. The van der Waals surface area contributed by atoms with Crippen LogP contribution >= 0.6 is 0 Å². The van der Waals surface area contributed by atoms with E-state index in [0.29, 0.717) is 26.2 Å². The molecule has 2 rings (SSSR count). The van der Waals surface area contributed by atoms with Crippen LogP contribution in [0.1, 0.15) is 58.9 Å². The van der Waals surface area contributed by atoms with E-state index in [1.165, 1.54) is 29.1 Å². The lowest BCUT2D eigenvalue weighted by atomic mass is 9.93. The zero-order chi connectivity index (χ0) is 20.8. The van der Waals surface area contributed by atoms with Gasteiger partial charge in [-0.05, 0) is 36.0 Å². The Kier molecular flexibility index (Phi) is 7.89. The predicted octanol–water partition coefficient (Wildman–Crippen LogP) is 3.77. The van der Waals surface area contributed by atoms with Crippen LogP contribution in [0.15, 0.2) is 24.3 Å². The van der Waals surface area contributed by atoms with E-state index >= 15 is 0 Å². The van der Waals surface area contributed by atoms with E-state index < -0.39 is 16.3 Å². The summed E-state index contributed by atoms with van der Waals surface area (Å²) in [7, 11) is -4.02. The molecule has 28 heavy (non-hydrogen) atoms. The fraction of sp³-hybridized carbons (Fsp3) is 0.667. The van der Waals surface area contributed by atoms with Crippen molar-refractivity contribution in [3.63, 3.8) is 0 Å². The Labute approximate surface area is 170 Å². The Morgan fingerprint density at radius 1 is 1.04 bits per heavy atom. The minimum Gasteiger partial charge on any atom is -0.369 e. The molecule has 158 valence electrons. The molecule has 1 aliphatic heterocycles. The van der Waals surface area contributed by atoms with Crippen molar-refractivity contribution in [2.45, 2.75) is 59.8 Å². The second-order valence-corrected chi connectivity index (χ2v) is 10.2. The number of carbonyl (C=O) groups is 1. The molecule has 1 saturated heterocycles. The standard InChI is InChI=1S/C21H34N2O4S/c1-5-6-7-8-18-9-11-19(12-10-18)22-13-15-23(16-14-22)28(25,26)27-20(24)17-21(2,3)4/h9-12H,5-8,13-17H2,1-4H3. The molecule has 0 amide bonds. The molecule has 0 unspecified atom stereocenters. The number of rotatable bonds is 8. The van der Waals surface area contributed by atoms with Crippen molar-refractivity contribution in [3.8, 4) is 0 Å². The Hall–Kier alpha value is -1.60. The van der Waals surface area contributed by atoms with Crippen molar-refractivity contribution in [1.29, 1.82) is 0 Å². The Bertz CT molecular complexity index is 731. The number of nitrogens with zero attached hydrogens (tertiary/aromatic N) is 2. The number of unbranched alkanes of at least 4 members (excludes halogenated alkanes) is 2. The van der Waals surface area contributed by atoms with Crippen LogP contribution in [0.2, 0.25) is 0 Å². The molecule has 1 aromatic carbocycles. The maximum atomic E-state index is 12.4. The van der Waals surface area contributed by atoms with Crippen LogP contribution in [0.25, 0.3) is 0 Å². The highest BCUT2D eigenvalue weighted by Gasteiger charge is 2.31. The van der Waals surface area contributed by atoms with Crippen LogP contribution in [0.4, 0.5) is 5.69 Å². The Morgan fingerprint density at radius 2 is 1.64 bits per heavy atom. The molecule has 0 spiro atoms. The predicted molar refractivity (Wildman–Crippen MR) is 113 cm³/mol. The first-order valence-electron chi connectivity index (χ1n) is 10.2.